The normalized spacial score (nSPS) is 14.7. The number of amides is 1. The maximum absolute atomic E-state index is 12.7. The van der Waals surface area contributed by atoms with Crippen molar-refractivity contribution in [1.82, 2.24) is 9.97 Å². The molecule has 2 aromatic heterocycles. The Morgan fingerprint density at radius 2 is 2.04 bits per heavy atom. The fourth-order valence-corrected chi connectivity index (χ4v) is 6.21. The van der Waals surface area contributed by atoms with Gasteiger partial charge in [0.2, 0.25) is 5.91 Å². The van der Waals surface area contributed by atoms with Gasteiger partial charge in [-0.3, -0.25) is 4.79 Å². The van der Waals surface area contributed by atoms with Crippen molar-refractivity contribution in [3.63, 3.8) is 0 Å². The van der Waals surface area contributed by atoms with Gasteiger partial charge in [0.1, 0.15) is 15.7 Å². The van der Waals surface area contributed by atoms with Crippen LogP contribution in [0, 0.1) is 6.92 Å². The van der Waals surface area contributed by atoms with Crippen molar-refractivity contribution in [2.45, 2.75) is 49.8 Å². The van der Waals surface area contributed by atoms with Crippen molar-refractivity contribution in [2.75, 3.05) is 5.32 Å². The van der Waals surface area contributed by atoms with E-state index in [9.17, 15) is 4.79 Å². The van der Waals surface area contributed by atoms with E-state index < -0.39 is 0 Å². The molecule has 0 saturated carbocycles. The Bertz CT molecular complexity index is 1070. The van der Waals surface area contributed by atoms with E-state index in [2.05, 4.69) is 15.3 Å². The summed E-state index contributed by atoms with van der Waals surface area (Å²) in [5.41, 5.74) is 1.93. The SMILES string of the molecule is Cc1nc(SC(C)C(=O)Nc2ccc(Cl)cc2Cl)c2c3c(sc2n1)CCCC3. The van der Waals surface area contributed by atoms with Crippen molar-refractivity contribution in [1.29, 1.82) is 0 Å². The van der Waals surface area contributed by atoms with Gasteiger partial charge in [-0.2, -0.15) is 0 Å². The van der Waals surface area contributed by atoms with E-state index >= 15 is 0 Å². The summed E-state index contributed by atoms with van der Waals surface area (Å²) in [4.78, 5) is 24.5. The standard InChI is InChI=1S/C20H19Cl2N3OS2/c1-10(18(26)25-15-8-7-12(21)9-14(15)22)27-19-17-13-5-3-4-6-16(13)28-20(17)24-11(2)23-19/h7-10H,3-6H2,1-2H3,(H,25,26). The van der Waals surface area contributed by atoms with Gasteiger partial charge in [-0.15, -0.1) is 11.3 Å². The zero-order valence-electron chi connectivity index (χ0n) is 15.5. The van der Waals surface area contributed by atoms with Crippen LogP contribution in [0.1, 0.15) is 36.0 Å². The summed E-state index contributed by atoms with van der Waals surface area (Å²) in [7, 11) is 0. The fraction of sp³-hybridized carbons (Fsp3) is 0.350. The number of carbonyl (C=O) groups is 1. The van der Waals surface area contributed by atoms with Crippen LogP contribution in [0.4, 0.5) is 5.69 Å². The monoisotopic (exact) mass is 451 g/mol. The van der Waals surface area contributed by atoms with Crippen molar-refractivity contribution in [3.05, 3.63) is 44.5 Å². The number of fused-ring (bicyclic) bond motifs is 3. The molecular formula is C20H19Cl2N3OS2. The van der Waals surface area contributed by atoms with Crippen LogP contribution in [-0.2, 0) is 17.6 Å². The Labute approximate surface area is 182 Å². The molecule has 8 heteroatoms. The Kier molecular flexibility index (Phi) is 5.83. The molecule has 28 heavy (non-hydrogen) atoms. The Hall–Kier alpha value is -1.34. The summed E-state index contributed by atoms with van der Waals surface area (Å²) < 4.78 is 0. The van der Waals surface area contributed by atoms with E-state index in [1.807, 2.05) is 13.8 Å². The third-order valence-corrected chi connectivity index (χ3v) is 7.56. The summed E-state index contributed by atoms with van der Waals surface area (Å²) in [6.45, 7) is 3.78. The molecule has 146 valence electrons. The van der Waals surface area contributed by atoms with Crippen LogP contribution in [-0.4, -0.2) is 21.1 Å². The molecule has 0 fully saturated rings. The van der Waals surface area contributed by atoms with Crippen LogP contribution < -0.4 is 5.32 Å². The number of nitrogens with one attached hydrogen (secondary N) is 1. The molecular weight excluding hydrogens is 433 g/mol. The maximum atomic E-state index is 12.7. The van der Waals surface area contributed by atoms with Gasteiger partial charge < -0.3 is 5.32 Å². The molecule has 1 aliphatic carbocycles. The van der Waals surface area contributed by atoms with E-state index in [1.165, 1.54) is 35.0 Å². The first-order chi connectivity index (χ1) is 13.4. The molecule has 1 atom stereocenters. The molecule has 0 radical (unpaired) electrons. The van der Waals surface area contributed by atoms with Crippen LogP contribution in [0.15, 0.2) is 23.2 Å². The number of thiophene rings is 1. The number of carbonyl (C=O) groups excluding carboxylic acids is 1. The van der Waals surface area contributed by atoms with Crippen molar-refractivity contribution in [3.8, 4) is 0 Å². The minimum absolute atomic E-state index is 0.122. The van der Waals surface area contributed by atoms with Crippen molar-refractivity contribution < 1.29 is 4.79 Å². The topological polar surface area (TPSA) is 54.9 Å². The smallest absolute Gasteiger partial charge is 0.237 e. The predicted molar refractivity (Wildman–Crippen MR) is 119 cm³/mol. The van der Waals surface area contributed by atoms with E-state index in [1.54, 1.807) is 29.5 Å². The summed E-state index contributed by atoms with van der Waals surface area (Å²) in [5, 5.41) is 5.54. The fourth-order valence-electron chi connectivity index (χ4n) is 3.36. The maximum Gasteiger partial charge on any atom is 0.237 e. The summed E-state index contributed by atoms with van der Waals surface area (Å²) in [5.74, 6) is 0.615. The third kappa shape index (κ3) is 4.01. The molecule has 4 nitrogen and oxygen atoms in total. The highest BCUT2D eigenvalue weighted by molar-refractivity contribution is 8.00. The zero-order chi connectivity index (χ0) is 19.8. The Balaban J connectivity index is 1.60. The first-order valence-electron chi connectivity index (χ1n) is 9.14. The minimum atomic E-state index is -0.330. The first-order valence-corrected chi connectivity index (χ1v) is 11.6. The van der Waals surface area contributed by atoms with Crippen LogP contribution in [0.2, 0.25) is 10.0 Å². The van der Waals surface area contributed by atoms with E-state index in [-0.39, 0.29) is 11.2 Å². The lowest BCUT2D eigenvalue weighted by Crippen LogP contribution is -2.22. The van der Waals surface area contributed by atoms with E-state index in [0.29, 0.717) is 15.7 Å². The van der Waals surface area contributed by atoms with Crippen LogP contribution in [0.5, 0.6) is 0 Å². The van der Waals surface area contributed by atoms with Gasteiger partial charge in [-0.1, -0.05) is 35.0 Å². The molecule has 1 amide bonds. The quantitative estimate of drug-likeness (QED) is 0.373. The van der Waals surface area contributed by atoms with Gasteiger partial charge in [0.15, 0.2) is 0 Å². The van der Waals surface area contributed by atoms with Gasteiger partial charge in [-0.05, 0) is 63.3 Å². The number of halogens is 2. The summed E-state index contributed by atoms with van der Waals surface area (Å²) >= 11 is 15.4. The van der Waals surface area contributed by atoms with E-state index in [4.69, 9.17) is 23.2 Å². The predicted octanol–water partition coefficient (Wildman–Crippen LogP) is 6.30. The average molecular weight is 452 g/mol. The third-order valence-electron chi connectivity index (χ3n) is 4.74. The van der Waals surface area contributed by atoms with Crippen molar-refractivity contribution >= 4 is 68.1 Å². The molecule has 3 aromatic rings. The second-order valence-corrected chi connectivity index (χ2v) is 10.1. The second kappa shape index (κ2) is 8.19. The summed E-state index contributed by atoms with van der Waals surface area (Å²) in [6.07, 6.45) is 4.61. The number of nitrogens with zero attached hydrogens (tertiary/aromatic N) is 2. The molecule has 0 bridgehead atoms. The van der Waals surface area contributed by atoms with E-state index in [0.717, 1.165) is 33.9 Å². The lowest BCUT2D eigenvalue weighted by molar-refractivity contribution is -0.115. The zero-order valence-corrected chi connectivity index (χ0v) is 18.7. The first kappa shape index (κ1) is 20.0. The highest BCUT2D eigenvalue weighted by Gasteiger charge is 2.24. The molecule has 0 aliphatic heterocycles. The molecule has 4 rings (SSSR count). The highest BCUT2D eigenvalue weighted by atomic mass is 35.5. The number of thioether (sulfide) groups is 1. The van der Waals surface area contributed by atoms with Gasteiger partial charge in [0.25, 0.3) is 0 Å². The minimum Gasteiger partial charge on any atom is -0.324 e. The van der Waals surface area contributed by atoms with Gasteiger partial charge in [0.05, 0.1) is 16.0 Å². The van der Waals surface area contributed by atoms with Crippen LogP contribution in [0.3, 0.4) is 0 Å². The molecule has 0 saturated heterocycles. The second-order valence-electron chi connectivity index (χ2n) is 6.84. The molecule has 1 unspecified atom stereocenters. The number of rotatable bonds is 4. The lowest BCUT2D eigenvalue weighted by Gasteiger charge is -2.15. The van der Waals surface area contributed by atoms with Crippen LogP contribution in [0.25, 0.3) is 10.2 Å². The number of hydrogen-bond acceptors (Lipinski definition) is 5. The molecule has 1 N–H and O–H groups in total. The van der Waals surface area contributed by atoms with Gasteiger partial charge in [0, 0.05) is 15.3 Å². The number of hydrogen-bond donors (Lipinski definition) is 1. The average Bonchev–Trinajstić information content (AvgIpc) is 3.02. The molecule has 1 aromatic carbocycles. The number of aromatic nitrogens is 2. The number of aryl methyl sites for hydroxylation is 3. The van der Waals surface area contributed by atoms with Gasteiger partial charge >= 0.3 is 0 Å². The molecule has 0 spiro atoms. The number of anilines is 1. The lowest BCUT2D eigenvalue weighted by atomic mass is 9.97. The largest absolute Gasteiger partial charge is 0.324 e. The molecule has 1 aliphatic rings. The molecule has 2 heterocycles. The Morgan fingerprint density at radius 1 is 1.25 bits per heavy atom. The van der Waals surface area contributed by atoms with Crippen molar-refractivity contribution in [2.24, 2.45) is 0 Å². The van der Waals surface area contributed by atoms with Crippen LogP contribution >= 0.6 is 46.3 Å². The number of benzene rings is 1. The summed E-state index contributed by atoms with van der Waals surface area (Å²) in [6, 6.07) is 5.03. The van der Waals surface area contributed by atoms with Gasteiger partial charge in [-0.25, -0.2) is 9.97 Å². The Morgan fingerprint density at radius 3 is 2.82 bits per heavy atom. The highest BCUT2D eigenvalue weighted by Crippen LogP contribution is 2.40.